The number of aliphatic hydroxyl groups is 4. The Morgan fingerprint density at radius 1 is 1.28 bits per heavy atom. The third-order valence-electron chi connectivity index (χ3n) is 4.63. The molecule has 12 heteroatoms. The number of para-hydroxylation sites is 1. The largest absolute Gasteiger partial charge is 0.477 e. The first-order chi connectivity index (χ1) is 15.0. The maximum absolute atomic E-state index is 11.5. The summed E-state index contributed by atoms with van der Waals surface area (Å²) in [6.07, 6.45) is -6.26. The standard InChI is InChI=1S/C20H25NO11/c1-10(23)30-15-6-4-3-5-12(15)8-21-16-13(25)7-20(29,19(27)28)32-18(16)17(14(26)9-22)31-11(2)24/h3-6,8,13-14,16-18,22,25-26,29H,7,9H2,1-2H3,(H,27,28)/t13-,14+,16+,17+,18+,20?/m0/s1. The SMILES string of the molecule is CC(=O)Oc1ccccc1C=N[C@H]1[C@H]([C@H](OC(C)=O)[C@H](O)CO)OC(O)(C(=O)O)C[C@@H]1O. The number of hydrogen-bond acceptors (Lipinski definition) is 11. The molecule has 32 heavy (non-hydrogen) atoms. The molecule has 0 amide bonds. The fourth-order valence-corrected chi connectivity index (χ4v) is 3.21. The highest BCUT2D eigenvalue weighted by Gasteiger charge is 2.54. The number of carboxylic acids is 1. The highest BCUT2D eigenvalue weighted by molar-refractivity contribution is 5.85. The van der Waals surface area contributed by atoms with Crippen molar-refractivity contribution in [2.45, 2.75) is 56.5 Å². The molecular weight excluding hydrogens is 430 g/mol. The lowest BCUT2D eigenvalue weighted by Gasteiger charge is -2.43. The second kappa shape index (κ2) is 10.6. The van der Waals surface area contributed by atoms with E-state index in [1.165, 1.54) is 19.2 Å². The molecule has 1 aliphatic heterocycles. The maximum Gasteiger partial charge on any atom is 0.364 e. The van der Waals surface area contributed by atoms with Gasteiger partial charge in [0.1, 0.15) is 24.0 Å². The van der Waals surface area contributed by atoms with Crippen molar-refractivity contribution in [3.63, 3.8) is 0 Å². The maximum atomic E-state index is 11.5. The predicted molar refractivity (Wildman–Crippen MR) is 106 cm³/mol. The summed E-state index contributed by atoms with van der Waals surface area (Å²) in [6.45, 7) is 1.31. The van der Waals surface area contributed by atoms with Gasteiger partial charge in [-0.3, -0.25) is 14.6 Å². The van der Waals surface area contributed by atoms with Gasteiger partial charge in [-0.1, -0.05) is 12.1 Å². The number of carbonyl (C=O) groups is 3. The van der Waals surface area contributed by atoms with Gasteiger partial charge in [-0.25, -0.2) is 4.79 Å². The van der Waals surface area contributed by atoms with Gasteiger partial charge in [0.05, 0.1) is 12.7 Å². The lowest BCUT2D eigenvalue weighted by molar-refractivity contribution is -0.293. The van der Waals surface area contributed by atoms with Crippen LogP contribution in [0.4, 0.5) is 0 Å². The zero-order valence-electron chi connectivity index (χ0n) is 17.3. The Morgan fingerprint density at radius 2 is 1.94 bits per heavy atom. The molecule has 1 saturated heterocycles. The van der Waals surface area contributed by atoms with Crippen LogP contribution in [-0.4, -0.2) is 92.5 Å². The molecule has 1 aromatic carbocycles. The summed E-state index contributed by atoms with van der Waals surface area (Å²) in [4.78, 5) is 38.5. The first kappa shape index (κ1) is 25.4. The summed E-state index contributed by atoms with van der Waals surface area (Å²) < 4.78 is 15.3. The Labute approximate surface area is 182 Å². The number of aliphatic carboxylic acids is 1. The Bertz CT molecular complexity index is 873. The van der Waals surface area contributed by atoms with E-state index in [-0.39, 0.29) is 5.75 Å². The zero-order chi connectivity index (χ0) is 24.1. The van der Waals surface area contributed by atoms with Gasteiger partial charge in [-0.2, -0.15) is 0 Å². The molecule has 5 N–H and O–H groups in total. The van der Waals surface area contributed by atoms with E-state index in [1.54, 1.807) is 18.2 Å². The molecule has 0 saturated carbocycles. The van der Waals surface area contributed by atoms with Crippen molar-refractivity contribution in [1.29, 1.82) is 0 Å². The van der Waals surface area contributed by atoms with Crippen LogP contribution in [0.25, 0.3) is 0 Å². The molecule has 6 atom stereocenters. The molecule has 2 rings (SSSR count). The first-order valence-corrected chi connectivity index (χ1v) is 9.57. The molecule has 0 radical (unpaired) electrons. The summed E-state index contributed by atoms with van der Waals surface area (Å²) in [7, 11) is 0. The summed E-state index contributed by atoms with van der Waals surface area (Å²) in [5.74, 6) is -6.01. The zero-order valence-corrected chi connectivity index (χ0v) is 17.3. The predicted octanol–water partition coefficient (Wildman–Crippen LogP) is -1.39. The summed E-state index contributed by atoms with van der Waals surface area (Å²) >= 11 is 0. The Morgan fingerprint density at radius 3 is 2.50 bits per heavy atom. The van der Waals surface area contributed by atoms with E-state index >= 15 is 0 Å². The summed E-state index contributed by atoms with van der Waals surface area (Å²) in [5.41, 5.74) is 0.319. The van der Waals surface area contributed by atoms with E-state index < -0.39 is 67.2 Å². The number of rotatable bonds is 8. The molecule has 1 aromatic rings. The molecule has 176 valence electrons. The number of hydrogen-bond donors (Lipinski definition) is 5. The van der Waals surface area contributed by atoms with Gasteiger partial charge in [0.25, 0.3) is 5.79 Å². The Hall–Kier alpha value is -2.90. The number of esters is 2. The van der Waals surface area contributed by atoms with Crippen LogP contribution in [0, 0.1) is 0 Å². The Kier molecular flexibility index (Phi) is 8.41. The van der Waals surface area contributed by atoms with Crippen LogP contribution in [0.3, 0.4) is 0 Å². The van der Waals surface area contributed by atoms with Crippen molar-refractivity contribution >= 4 is 24.1 Å². The van der Waals surface area contributed by atoms with Crippen molar-refractivity contribution < 1.29 is 54.1 Å². The minimum absolute atomic E-state index is 0.153. The van der Waals surface area contributed by atoms with E-state index in [9.17, 15) is 39.9 Å². The van der Waals surface area contributed by atoms with Gasteiger partial charge in [0.15, 0.2) is 6.10 Å². The smallest absolute Gasteiger partial charge is 0.364 e. The van der Waals surface area contributed by atoms with Gasteiger partial charge in [0, 0.05) is 32.0 Å². The van der Waals surface area contributed by atoms with Gasteiger partial charge < -0.3 is 39.7 Å². The van der Waals surface area contributed by atoms with Crippen molar-refractivity contribution in [2.75, 3.05) is 6.61 Å². The molecule has 1 unspecified atom stereocenters. The Balaban J connectivity index is 2.47. The highest BCUT2D eigenvalue weighted by atomic mass is 16.7. The number of benzene rings is 1. The topological polar surface area (TPSA) is 192 Å². The third-order valence-corrected chi connectivity index (χ3v) is 4.63. The van der Waals surface area contributed by atoms with Crippen molar-refractivity contribution in [1.82, 2.24) is 0 Å². The van der Waals surface area contributed by atoms with Crippen molar-refractivity contribution in [3.05, 3.63) is 29.8 Å². The summed E-state index contributed by atoms with van der Waals surface area (Å²) in [5, 5.41) is 49.7. The van der Waals surface area contributed by atoms with Crippen LogP contribution in [0.2, 0.25) is 0 Å². The van der Waals surface area contributed by atoms with Crippen LogP contribution in [0.5, 0.6) is 5.75 Å². The minimum Gasteiger partial charge on any atom is -0.477 e. The van der Waals surface area contributed by atoms with Crippen LogP contribution in [0.1, 0.15) is 25.8 Å². The quantitative estimate of drug-likeness (QED) is 0.176. The molecule has 0 aliphatic carbocycles. The van der Waals surface area contributed by atoms with E-state index in [1.807, 2.05) is 0 Å². The van der Waals surface area contributed by atoms with E-state index in [0.717, 1.165) is 6.92 Å². The molecule has 0 bridgehead atoms. The van der Waals surface area contributed by atoms with Gasteiger partial charge in [-0.05, 0) is 12.1 Å². The molecule has 1 fully saturated rings. The second-order valence-electron chi connectivity index (χ2n) is 7.17. The lowest BCUT2D eigenvalue weighted by Crippen LogP contribution is -2.63. The van der Waals surface area contributed by atoms with Crippen molar-refractivity contribution in [3.8, 4) is 5.75 Å². The average Bonchev–Trinajstić information content (AvgIpc) is 2.70. The van der Waals surface area contributed by atoms with Gasteiger partial charge >= 0.3 is 17.9 Å². The molecule has 12 nitrogen and oxygen atoms in total. The fraction of sp³-hybridized carbons (Fsp3) is 0.500. The van der Waals surface area contributed by atoms with Crippen LogP contribution < -0.4 is 4.74 Å². The number of carbonyl (C=O) groups excluding carboxylic acids is 2. The van der Waals surface area contributed by atoms with Gasteiger partial charge in [0.2, 0.25) is 0 Å². The third kappa shape index (κ3) is 6.08. The highest BCUT2D eigenvalue weighted by Crippen LogP contribution is 2.33. The fourth-order valence-electron chi connectivity index (χ4n) is 3.21. The van der Waals surface area contributed by atoms with E-state index in [4.69, 9.17) is 14.2 Å². The summed E-state index contributed by atoms with van der Waals surface area (Å²) in [6, 6.07) is 4.93. The number of nitrogens with zero attached hydrogens (tertiary/aromatic N) is 1. The number of aliphatic imine (C=N–C) groups is 1. The van der Waals surface area contributed by atoms with Crippen LogP contribution >= 0.6 is 0 Å². The van der Waals surface area contributed by atoms with E-state index in [0.29, 0.717) is 5.56 Å². The van der Waals surface area contributed by atoms with E-state index in [2.05, 4.69) is 4.99 Å². The monoisotopic (exact) mass is 455 g/mol. The molecule has 0 aromatic heterocycles. The molecular formula is C20H25NO11. The number of carboxylic acid groups (broad SMARTS) is 1. The minimum atomic E-state index is -2.86. The van der Waals surface area contributed by atoms with Crippen LogP contribution in [0.15, 0.2) is 29.3 Å². The van der Waals surface area contributed by atoms with Gasteiger partial charge in [-0.15, -0.1) is 0 Å². The number of ether oxygens (including phenoxy) is 3. The second-order valence-corrected chi connectivity index (χ2v) is 7.17. The lowest BCUT2D eigenvalue weighted by atomic mass is 9.89. The molecule has 0 spiro atoms. The van der Waals surface area contributed by atoms with Crippen molar-refractivity contribution in [2.24, 2.45) is 4.99 Å². The molecule has 1 heterocycles. The number of aliphatic hydroxyl groups excluding tert-OH is 3. The first-order valence-electron chi connectivity index (χ1n) is 9.57. The normalized spacial score (nSPS) is 27.5. The van der Waals surface area contributed by atoms with Crippen LogP contribution in [-0.2, 0) is 23.9 Å². The molecule has 1 aliphatic rings. The average molecular weight is 455 g/mol.